The van der Waals surface area contributed by atoms with Crippen molar-refractivity contribution in [3.8, 4) is 21.3 Å². The molecule has 0 radical (unpaired) electrons. The van der Waals surface area contributed by atoms with Crippen LogP contribution in [0.1, 0.15) is 47.4 Å². The van der Waals surface area contributed by atoms with Crippen LogP contribution in [0.5, 0.6) is 11.5 Å². The van der Waals surface area contributed by atoms with E-state index < -0.39 is 0 Å². The molecule has 0 unspecified atom stereocenters. The lowest BCUT2D eigenvalue weighted by Crippen LogP contribution is -2.19. The summed E-state index contributed by atoms with van der Waals surface area (Å²) in [6.07, 6.45) is 0. The maximum Gasteiger partial charge on any atom is 0.229 e. The number of ether oxygens (including phenoxy) is 2. The average molecular weight is 545 g/mol. The first-order chi connectivity index (χ1) is 17.8. The number of hydrogen-bond acceptors (Lipinski definition) is 8. The van der Waals surface area contributed by atoms with Crippen LogP contribution in [0.2, 0.25) is 0 Å². The van der Waals surface area contributed by atoms with Crippen molar-refractivity contribution in [2.45, 2.75) is 20.8 Å². The number of rotatable bonds is 3. The molecular weight excluding hydrogens is 525 g/mol. The van der Waals surface area contributed by atoms with Crippen LogP contribution < -0.4 is 9.47 Å². The molecular formula is C29H20O5S3. The van der Waals surface area contributed by atoms with Gasteiger partial charge in [-0.15, -0.1) is 34.0 Å². The van der Waals surface area contributed by atoms with E-state index in [1.807, 2.05) is 19.9 Å². The second-order valence-electron chi connectivity index (χ2n) is 9.22. The smallest absolute Gasteiger partial charge is 0.229 e. The van der Waals surface area contributed by atoms with Crippen LogP contribution in [-0.2, 0) is 0 Å². The van der Waals surface area contributed by atoms with Gasteiger partial charge in [0.2, 0.25) is 5.78 Å². The Balaban J connectivity index is 1.50. The number of hydrogen-bond donors (Lipinski definition) is 0. The number of thiophene rings is 3. The summed E-state index contributed by atoms with van der Waals surface area (Å²) < 4.78 is 20.1. The maximum absolute atomic E-state index is 13.5. The highest BCUT2D eigenvalue weighted by molar-refractivity contribution is 7.27. The summed E-state index contributed by atoms with van der Waals surface area (Å²) in [5.74, 6) is 1.38. The quantitative estimate of drug-likeness (QED) is 0.224. The number of ketones is 2. The van der Waals surface area contributed by atoms with Gasteiger partial charge in [-0.2, -0.15) is 0 Å². The van der Waals surface area contributed by atoms with Crippen LogP contribution in [0.25, 0.3) is 40.9 Å². The van der Waals surface area contributed by atoms with Crippen LogP contribution in [0.4, 0.5) is 0 Å². The molecule has 184 valence electrons. The Morgan fingerprint density at radius 3 is 2.22 bits per heavy atom. The number of methoxy groups -OCH3 is 2. The van der Waals surface area contributed by atoms with E-state index in [9.17, 15) is 9.59 Å². The van der Waals surface area contributed by atoms with Crippen molar-refractivity contribution in [3.05, 3.63) is 68.1 Å². The Kier molecular flexibility index (Phi) is 4.77. The molecule has 0 spiro atoms. The zero-order valence-corrected chi connectivity index (χ0v) is 23.1. The fourth-order valence-corrected chi connectivity index (χ4v) is 8.78. The Bertz CT molecular complexity index is 1920. The molecule has 0 bridgehead atoms. The zero-order chi connectivity index (χ0) is 25.7. The molecule has 0 aliphatic heterocycles. The first kappa shape index (κ1) is 22.7. The molecule has 4 heterocycles. The molecule has 4 aromatic heterocycles. The summed E-state index contributed by atoms with van der Waals surface area (Å²) in [5, 5.41) is 2.74. The summed E-state index contributed by atoms with van der Waals surface area (Å²) >= 11 is 4.85. The minimum Gasteiger partial charge on any atom is -0.495 e. The minimum atomic E-state index is -0.241. The van der Waals surface area contributed by atoms with E-state index in [1.54, 1.807) is 60.4 Å². The van der Waals surface area contributed by atoms with Crippen LogP contribution in [0.3, 0.4) is 0 Å². The molecule has 37 heavy (non-hydrogen) atoms. The van der Waals surface area contributed by atoms with Crippen molar-refractivity contribution >= 4 is 76.7 Å². The third-order valence-electron chi connectivity index (χ3n) is 6.94. The summed E-state index contributed by atoms with van der Waals surface area (Å²) in [5.41, 5.74) is 2.73. The molecule has 0 saturated heterocycles. The summed E-state index contributed by atoms with van der Waals surface area (Å²) in [6, 6.07) is 9.60. The number of furan rings is 1. The van der Waals surface area contributed by atoms with Crippen molar-refractivity contribution in [2.75, 3.05) is 14.2 Å². The van der Waals surface area contributed by atoms with E-state index in [0.717, 1.165) is 57.3 Å². The Hall–Kier alpha value is -3.46. The van der Waals surface area contributed by atoms with Gasteiger partial charge in [0.1, 0.15) is 11.5 Å². The van der Waals surface area contributed by atoms with Gasteiger partial charge in [-0.1, -0.05) is 17.7 Å². The predicted molar refractivity (Wildman–Crippen MR) is 151 cm³/mol. The van der Waals surface area contributed by atoms with Crippen molar-refractivity contribution in [2.24, 2.45) is 0 Å². The first-order valence-electron chi connectivity index (χ1n) is 11.7. The van der Waals surface area contributed by atoms with Crippen LogP contribution in [0, 0.1) is 20.8 Å². The van der Waals surface area contributed by atoms with Crippen LogP contribution in [0.15, 0.2) is 34.7 Å². The van der Waals surface area contributed by atoms with Gasteiger partial charge in [0.25, 0.3) is 0 Å². The average Bonchev–Trinajstić information content (AvgIpc) is 3.63. The number of benzene rings is 2. The fraction of sp³-hybridized carbons (Fsp3) is 0.172. The van der Waals surface area contributed by atoms with Gasteiger partial charge < -0.3 is 13.9 Å². The Labute approximate surface area is 223 Å². The van der Waals surface area contributed by atoms with Crippen LogP contribution in [-0.4, -0.2) is 25.8 Å². The van der Waals surface area contributed by atoms with Gasteiger partial charge in [-0.05, 0) is 39.0 Å². The topological polar surface area (TPSA) is 65.7 Å². The lowest BCUT2D eigenvalue weighted by atomic mass is 9.86. The first-order valence-corrected chi connectivity index (χ1v) is 14.1. The molecule has 7 rings (SSSR count). The fourth-order valence-electron chi connectivity index (χ4n) is 5.36. The Morgan fingerprint density at radius 1 is 0.784 bits per heavy atom. The highest BCUT2D eigenvalue weighted by Gasteiger charge is 2.37. The van der Waals surface area contributed by atoms with Crippen molar-refractivity contribution < 1.29 is 23.5 Å². The SMILES string of the molecule is COc1c2cc(-c3sc(C)c4c5c(oc34)C(=O)c3cc(C)ccc3C5=O)sc2c(OC)c2cc(C)sc12. The van der Waals surface area contributed by atoms with Gasteiger partial charge in [0.15, 0.2) is 17.1 Å². The molecule has 6 aromatic rings. The predicted octanol–water partition coefficient (Wildman–Crippen LogP) is 8.31. The molecule has 1 aliphatic carbocycles. The highest BCUT2D eigenvalue weighted by atomic mass is 32.1. The normalized spacial score (nSPS) is 13.1. The van der Waals surface area contributed by atoms with E-state index in [1.165, 1.54) is 4.88 Å². The molecule has 0 amide bonds. The van der Waals surface area contributed by atoms with E-state index in [0.29, 0.717) is 22.3 Å². The minimum absolute atomic E-state index is 0.137. The molecule has 5 nitrogen and oxygen atoms in total. The number of aryl methyl sites for hydroxylation is 3. The summed E-state index contributed by atoms with van der Waals surface area (Å²) in [7, 11) is 3.38. The van der Waals surface area contributed by atoms with Crippen molar-refractivity contribution in [1.29, 1.82) is 0 Å². The van der Waals surface area contributed by atoms with Gasteiger partial charge in [-0.3, -0.25) is 9.59 Å². The van der Waals surface area contributed by atoms with Gasteiger partial charge in [-0.25, -0.2) is 0 Å². The third-order valence-corrected chi connectivity index (χ3v) is 10.4. The Morgan fingerprint density at radius 2 is 1.49 bits per heavy atom. The summed E-state index contributed by atoms with van der Waals surface area (Å²) in [6.45, 7) is 5.96. The number of carbonyl (C=O) groups excluding carboxylic acids is 2. The second-order valence-corrected chi connectivity index (χ2v) is 12.8. The molecule has 8 heteroatoms. The molecule has 1 aliphatic rings. The van der Waals surface area contributed by atoms with Gasteiger partial charge in [0, 0.05) is 41.9 Å². The van der Waals surface area contributed by atoms with E-state index in [4.69, 9.17) is 13.9 Å². The van der Waals surface area contributed by atoms with Gasteiger partial charge in [0.05, 0.1) is 34.1 Å². The molecule has 0 atom stereocenters. The molecule has 0 saturated carbocycles. The standard InChI is InChI=1S/C29H20O5S3/c1-11-6-7-14-15(8-11)22(31)25-20(21(14)30)19-13(3)36-29(26(19)34-25)18-10-17-24(33-5)27-16(9-12(2)35-27)23(32-4)28(17)37-18/h6-10H,1-5H3. The molecule has 2 aromatic carbocycles. The monoisotopic (exact) mass is 544 g/mol. The van der Waals surface area contributed by atoms with E-state index in [-0.39, 0.29) is 17.3 Å². The van der Waals surface area contributed by atoms with Gasteiger partial charge >= 0.3 is 0 Å². The lowest BCUT2D eigenvalue weighted by molar-refractivity contribution is 0.0962. The van der Waals surface area contributed by atoms with Crippen LogP contribution >= 0.6 is 34.0 Å². The van der Waals surface area contributed by atoms with E-state index >= 15 is 0 Å². The highest BCUT2D eigenvalue weighted by Crippen LogP contribution is 2.53. The second kappa shape index (κ2) is 7.77. The number of carbonyl (C=O) groups is 2. The van der Waals surface area contributed by atoms with E-state index in [2.05, 4.69) is 19.1 Å². The lowest BCUT2D eigenvalue weighted by Gasteiger charge is -2.13. The van der Waals surface area contributed by atoms with Crippen molar-refractivity contribution in [1.82, 2.24) is 0 Å². The number of fused-ring (bicyclic) bond motifs is 6. The molecule has 0 N–H and O–H groups in total. The van der Waals surface area contributed by atoms with Crippen molar-refractivity contribution in [3.63, 3.8) is 0 Å². The third kappa shape index (κ3) is 2.94. The zero-order valence-electron chi connectivity index (χ0n) is 20.7. The largest absolute Gasteiger partial charge is 0.495 e. The maximum atomic E-state index is 13.5. The summed E-state index contributed by atoms with van der Waals surface area (Å²) in [4.78, 5) is 30.9. The molecule has 0 fully saturated rings.